The summed E-state index contributed by atoms with van der Waals surface area (Å²) in [6, 6.07) is 60.0. The highest BCUT2D eigenvalue weighted by molar-refractivity contribution is 7.30. The third-order valence-electron chi connectivity index (χ3n) is 9.43. The summed E-state index contributed by atoms with van der Waals surface area (Å²) >= 11 is 3.83. The molecule has 0 amide bonds. The molecule has 2 heterocycles. The minimum absolute atomic E-state index is 1.14. The van der Waals surface area contributed by atoms with Crippen molar-refractivity contribution >= 4 is 102 Å². The van der Waals surface area contributed by atoms with Crippen molar-refractivity contribution in [3.63, 3.8) is 0 Å². The summed E-state index contributed by atoms with van der Waals surface area (Å²) in [5.41, 5.74) is 5.88. The zero-order valence-corrected chi connectivity index (χ0v) is 27.0. The van der Waals surface area contributed by atoms with E-state index in [1.54, 1.807) is 0 Å². The van der Waals surface area contributed by atoms with Gasteiger partial charge in [-0.15, -0.1) is 22.7 Å². The predicted molar refractivity (Wildman–Crippen MR) is 207 cm³/mol. The van der Waals surface area contributed by atoms with Gasteiger partial charge in [-0.25, -0.2) is 0 Å². The van der Waals surface area contributed by atoms with Gasteiger partial charge >= 0.3 is 0 Å². The Kier molecular flexibility index (Phi) is 5.98. The molecule has 0 bridgehead atoms. The van der Waals surface area contributed by atoms with Crippen LogP contribution >= 0.6 is 22.7 Å². The van der Waals surface area contributed by atoms with Crippen molar-refractivity contribution in [2.45, 2.75) is 0 Å². The number of benzene rings is 8. The number of para-hydroxylation sites is 1. The van der Waals surface area contributed by atoms with E-state index in [9.17, 15) is 0 Å². The van der Waals surface area contributed by atoms with Crippen LogP contribution in [0.5, 0.6) is 0 Å². The van der Waals surface area contributed by atoms with Gasteiger partial charge in [0, 0.05) is 57.4 Å². The minimum atomic E-state index is 1.14. The molecule has 0 aliphatic rings. The zero-order valence-electron chi connectivity index (χ0n) is 25.4. The van der Waals surface area contributed by atoms with Crippen LogP contribution in [0.1, 0.15) is 0 Å². The number of hydrogen-bond acceptors (Lipinski definition) is 3. The SMILES string of the molecule is c1ccc(N(c2ccc(-c3ccc4ccccc4c3)cc2)c2ccc3sc4ccc5c6ccc7ccccc7c6sc5c4c3c2)cc1. The molecule has 0 N–H and O–H groups in total. The molecule has 1 nitrogen and oxygen atoms in total. The molecule has 0 spiro atoms. The third-order valence-corrected chi connectivity index (χ3v) is 11.8. The molecule has 0 saturated carbocycles. The standard InChI is InChI=1S/C44H27NS2/c1-2-11-33(12-3-1)45(34-19-16-29(17-20-34)32-15-14-28-8-4-5-10-31(28)26-32)35-21-24-40-39(27-35)42-41(46-40)25-23-38-37-22-18-30-9-6-7-13-36(30)43(37)47-44(38)42/h1-27H. The quantitative estimate of drug-likeness (QED) is 0.186. The summed E-state index contributed by atoms with van der Waals surface area (Å²) in [7, 11) is 0. The maximum absolute atomic E-state index is 2.40. The van der Waals surface area contributed by atoms with E-state index in [-0.39, 0.29) is 0 Å². The molecule has 0 aliphatic heterocycles. The van der Waals surface area contributed by atoms with Crippen LogP contribution in [0.2, 0.25) is 0 Å². The molecular formula is C44H27NS2. The zero-order chi connectivity index (χ0) is 30.9. The fourth-order valence-corrected chi connectivity index (χ4v) is 9.70. The van der Waals surface area contributed by atoms with Crippen LogP contribution in [-0.4, -0.2) is 0 Å². The predicted octanol–water partition coefficient (Wildman–Crippen LogP) is 13.9. The second-order valence-electron chi connectivity index (χ2n) is 12.1. The Morgan fingerprint density at radius 3 is 1.85 bits per heavy atom. The average Bonchev–Trinajstić information content (AvgIpc) is 3.71. The highest BCUT2D eigenvalue weighted by atomic mass is 32.1. The van der Waals surface area contributed by atoms with Gasteiger partial charge < -0.3 is 4.90 Å². The molecule has 0 unspecified atom stereocenters. The number of thiophene rings is 2. The maximum atomic E-state index is 2.40. The summed E-state index contributed by atoms with van der Waals surface area (Å²) in [4.78, 5) is 2.38. The topological polar surface area (TPSA) is 3.24 Å². The van der Waals surface area contributed by atoms with Gasteiger partial charge in [0.1, 0.15) is 0 Å². The van der Waals surface area contributed by atoms with Gasteiger partial charge in [0.25, 0.3) is 0 Å². The Labute approximate surface area is 280 Å². The lowest BCUT2D eigenvalue weighted by Crippen LogP contribution is -2.09. The lowest BCUT2D eigenvalue weighted by atomic mass is 10.0. The Balaban J connectivity index is 1.14. The molecule has 10 aromatic rings. The number of fused-ring (bicyclic) bond motifs is 10. The van der Waals surface area contributed by atoms with Crippen molar-refractivity contribution in [3.8, 4) is 11.1 Å². The molecule has 8 aromatic carbocycles. The molecule has 0 atom stereocenters. The monoisotopic (exact) mass is 633 g/mol. The molecule has 47 heavy (non-hydrogen) atoms. The molecule has 0 aliphatic carbocycles. The first kappa shape index (κ1) is 26.7. The smallest absolute Gasteiger partial charge is 0.0468 e. The number of nitrogens with zero attached hydrogens (tertiary/aromatic N) is 1. The van der Waals surface area contributed by atoms with E-state index in [4.69, 9.17) is 0 Å². The van der Waals surface area contributed by atoms with Crippen LogP contribution in [0.4, 0.5) is 17.1 Å². The molecule has 2 aromatic heterocycles. The fraction of sp³-hybridized carbons (Fsp3) is 0. The number of rotatable bonds is 4. The van der Waals surface area contributed by atoms with Crippen molar-refractivity contribution in [1.82, 2.24) is 0 Å². The molecule has 10 rings (SSSR count). The first-order chi connectivity index (χ1) is 23.3. The highest BCUT2D eigenvalue weighted by Crippen LogP contribution is 2.47. The third kappa shape index (κ3) is 4.28. The van der Waals surface area contributed by atoms with Gasteiger partial charge in [0.05, 0.1) is 0 Å². The summed E-state index contributed by atoms with van der Waals surface area (Å²) in [6.07, 6.45) is 0. The minimum Gasteiger partial charge on any atom is -0.310 e. The largest absolute Gasteiger partial charge is 0.310 e. The Morgan fingerprint density at radius 1 is 0.340 bits per heavy atom. The Hall–Kier alpha value is -5.48. The van der Waals surface area contributed by atoms with Crippen molar-refractivity contribution in [2.75, 3.05) is 4.90 Å². The van der Waals surface area contributed by atoms with Crippen molar-refractivity contribution in [1.29, 1.82) is 0 Å². The van der Waals surface area contributed by atoms with E-state index >= 15 is 0 Å². The van der Waals surface area contributed by atoms with Gasteiger partial charge in [-0.3, -0.25) is 0 Å². The number of anilines is 3. The normalized spacial score (nSPS) is 11.8. The van der Waals surface area contributed by atoms with Crippen LogP contribution in [0, 0.1) is 0 Å². The number of hydrogen-bond donors (Lipinski definition) is 0. The lowest BCUT2D eigenvalue weighted by Gasteiger charge is -2.26. The van der Waals surface area contributed by atoms with Gasteiger partial charge in [0.15, 0.2) is 0 Å². The molecule has 0 fully saturated rings. The van der Waals surface area contributed by atoms with Crippen molar-refractivity contribution in [2.24, 2.45) is 0 Å². The Bertz CT molecular complexity index is 2790. The van der Waals surface area contributed by atoms with Crippen LogP contribution in [-0.2, 0) is 0 Å². The first-order valence-electron chi connectivity index (χ1n) is 15.9. The highest BCUT2D eigenvalue weighted by Gasteiger charge is 2.18. The first-order valence-corrected chi connectivity index (χ1v) is 17.6. The summed E-state index contributed by atoms with van der Waals surface area (Å²) < 4.78 is 5.41. The van der Waals surface area contributed by atoms with Gasteiger partial charge in [0.2, 0.25) is 0 Å². The van der Waals surface area contributed by atoms with Crippen LogP contribution in [0.15, 0.2) is 164 Å². The molecule has 0 saturated heterocycles. The molecular weight excluding hydrogens is 607 g/mol. The van der Waals surface area contributed by atoms with E-state index < -0.39 is 0 Å². The molecule has 220 valence electrons. The van der Waals surface area contributed by atoms with E-state index in [1.807, 2.05) is 22.7 Å². The second-order valence-corrected chi connectivity index (χ2v) is 14.2. The van der Waals surface area contributed by atoms with Crippen LogP contribution in [0.3, 0.4) is 0 Å². The summed E-state index contributed by atoms with van der Waals surface area (Å²) in [5, 5.41) is 10.5. The van der Waals surface area contributed by atoms with E-state index in [1.165, 1.54) is 73.0 Å². The fourth-order valence-electron chi connectivity index (χ4n) is 7.15. The second kappa shape index (κ2) is 10.5. The van der Waals surface area contributed by atoms with E-state index in [0.717, 1.165) is 17.1 Å². The van der Waals surface area contributed by atoms with E-state index in [2.05, 4.69) is 169 Å². The van der Waals surface area contributed by atoms with Crippen molar-refractivity contribution < 1.29 is 0 Å². The van der Waals surface area contributed by atoms with Gasteiger partial charge in [-0.1, -0.05) is 109 Å². The molecule has 3 heteroatoms. The van der Waals surface area contributed by atoms with Crippen molar-refractivity contribution in [3.05, 3.63) is 164 Å². The summed E-state index contributed by atoms with van der Waals surface area (Å²) in [5.74, 6) is 0. The van der Waals surface area contributed by atoms with Gasteiger partial charge in [-0.05, 0) is 87.3 Å². The average molecular weight is 634 g/mol. The van der Waals surface area contributed by atoms with Crippen LogP contribution in [0.25, 0.3) is 73.0 Å². The Morgan fingerprint density at radius 2 is 0.979 bits per heavy atom. The summed E-state index contributed by atoms with van der Waals surface area (Å²) in [6.45, 7) is 0. The maximum Gasteiger partial charge on any atom is 0.0468 e. The lowest BCUT2D eigenvalue weighted by molar-refractivity contribution is 1.29. The molecule has 0 radical (unpaired) electrons. The van der Waals surface area contributed by atoms with Gasteiger partial charge in [-0.2, -0.15) is 0 Å². The van der Waals surface area contributed by atoms with E-state index in [0.29, 0.717) is 0 Å². The van der Waals surface area contributed by atoms with Crippen LogP contribution < -0.4 is 4.90 Å².